The van der Waals surface area contributed by atoms with Crippen LogP contribution in [-0.2, 0) is 4.79 Å². The van der Waals surface area contributed by atoms with E-state index in [1.165, 1.54) is 0 Å². The Morgan fingerprint density at radius 3 is 2.38 bits per heavy atom. The van der Waals surface area contributed by atoms with Crippen molar-refractivity contribution in [2.24, 2.45) is 5.92 Å². The summed E-state index contributed by atoms with van der Waals surface area (Å²) in [6.45, 7) is 8.67. The molecule has 1 atom stereocenters. The summed E-state index contributed by atoms with van der Waals surface area (Å²) in [6.07, 6.45) is 1.49. The van der Waals surface area contributed by atoms with Crippen molar-refractivity contribution in [3.8, 4) is 11.5 Å². The van der Waals surface area contributed by atoms with Gasteiger partial charge in [0.2, 0.25) is 5.91 Å². The van der Waals surface area contributed by atoms with Gasteiger partial charge in [0.25, 0.3) is 0 Å². The molecule has 2 aromatic carbocycles. The van der Waals surface area contributed by atoms with Crippen LogP contribution in [0.5, 0.6) is 11.5 Å². The number of benzene rings is 2. The highest BCUT2D eigenvalue weighted by molar-refractivity contribution is 5.98. The van der Waals surface area contributed by atoms with E-state index in [1.54, 1.807) is 6.07 Å². The molecular formula is C26H32N2O4. The van der Waals surface area contributed by atoms with E-state index in [-0.39, 0.29) is 23.7 Å². The van der Waals surface area contributed by atoms with Gasteiger partial charge in [0.05, 0.1) is 6.04 Å². The standard InChI is InChI=1S/C26H32N2O4/c1-17(2)21-6-4-5-7-22(21)27-26(30)18(3)28-12-10-19(11-13-28)25(29)20-8-9-23-24(16-20)32-15-14-31-23/h4-9,16-19H,10-15H2,1-3H3,(H,27,30). The van der Waals surface area contributed by atoms with E-state index in [4.69, 9.17) is 9.47 Å². The molecule has 0 saturated carbocycles. The molecule has 1 unspecified atom stereocenters. The number of ether oxygens (including phenoxy) is 2. The Morgan fingerprint density at radius 2 is 1.66 bits per heavy atom. The average molecular weight is 437 g/mol. The summed E-state index contributed by atoms with van der Waals surface area (Å²) < 4.78 is 11.2. The summed E-state index contributed by atoms with van der Waals surface area (Å²) in [4.78, 5) is 28.1. The third-order valence-corrected chi connectivity index (χ3v) is 6.49. The molecule has 1 N–H and O–H groups in total. The van der Waals surface area contributed by atoms with E-state index in [2.05, 4.69) is 30.1 Å². The number of piperidine rings is 1. The van der Waals surface area contributed by atoms with E-state index in [9.17, 15) is 9.59 Å². The third kappa shape index (κ3) is 4.80. The van der Waals surface area contributed by atoms with E-state index in [0.717, 1.165) is 37.2 Å². The first-order chi connectivity index (χ1) is 15.4. The number of rotatable bonds is 6. The van der Waals surface area contributed by atoms with Crippen molar-refractivity contribution in [2.75, 3.05) is 31.6 Å². The van der Waals surface area contributed by atoms with Gasteiger partial charge in [-0.25, -0.2) is 0 Å². The molecular weight excluding hydrogens is 404 g/mol. The maximum Gasteiger partial charge on any atom is 0.241 e. The molecule has 2 aliphatic rings. The fourth-order valence-electron chi connectivity index (χ4n) is 4.50. The van der Waals surface area contributed by atoms with Crippen LogP contribution >= 0.6 is 0 Å². The number of anilines is 1. The number of carbonyl (C=O) groups excluding carboxylic acids is 2. The largest absolute Gasteiger partial charge is 0.486 e. The number of ketones is 1. The molecule has 170 valence electrons. The van der Waals surface area contributed by atoms with Crippen LogP contribution in [-0.4, -0.2) is 48.9 Å². The third-order valence-electron chi connectivity index (χ3n) is 6.49. The second-order valence-corrected chi connectivity index (χ2v) is 8.94. The van der Waals surface area contributed by atoms with Gasteiger partial charge in [-0.05, 0) is 68.6 Å². The van der Waals surface area contributed by atoms with Gasteiger partial charge in [-0.15, -0.1) is 0 Å². The number of likely N-dealkylation sites (tertiary alicyclic amines) is 1. The Morgan fingerprint density at radius 1 is 0.969 bits per heavy atom. The summed E-state index contributed by atoms with van der Waals surface area (Å²) in [5.74, 6) is 1.78. The first-order valence-electron chi connectivity index (χ1n) is 11.5. The average Bonchev–Trinajstić information content (AvgIpc) is 2.83. The van der Waals surface area contributed by atoms with Crippen molar-refractivity contribution in [3.63, 3.8) is 0 Å². The number of amides is 1. The number of Topliss-reactive ketones (excluding diaryl/α,β-unsaturated/α-hetero) is 1. The monoisotopic (exact) mass is 436 g/mol. The molecule has 1 fully saturated rings. The molecule has 32 heavy (non-hydrogen) atoms. The zero-order valence-electron chi connectivity index (χ0n) is 19.1. The SMILES string of the molecule is CC(C)c1ccccc1NC(=O)C(C)N1CCC(C(=O)c2ccc3c(c2)OCCO3)CC1. The minimum atomic E-state index is -0.249. The van der Waals surface area contributed by atoms with Gasteiger partial charge < -0.3 is 14.8 Å². The molecule has 0 spiro atoms. The molecule has 1 amide bonds. The van der Waals surface area contributed by atoms with Crippen LogP contribution in [0, 0.1) is 5.92 Å². The summed E-state index contributed by atoms with van der Waals surface area (Å²) in [5, 5.41) is 3.10. The minimum absolute atomic E-state index is 0.00490. The van der Waals surface area contributed by atoms with E-state index in [0.29, 0.717) is 36.2 Å². The van der Waals surface area contributed by atoms with Crippen molar-refractivity contribution >= 4 is 17.4 Å². The molecule has 0 bridgehead atoms. The Bertz CT molecular complexity index is 980. The van der Waals surface area contributed by atoms with Gasteiger partial charge in [0, 0.05) is 17.2 Å². The summed E-state index contributed by atoms with van der Waals surface area (Å²) in [5.41, 5.74) is 2.68. The van der Waals surface area contributed by atoms with Crippen LogP contribution in [0.2, 0.25) is 0 Å². The molecule has 2 aliphatic heterocycles. The molecule has 6 heteroatoms. The number of carbonyl (C=O) groups is 2. The Labute approximate surface area is 189 Å². The lowest BCUT2D eigenvalue weighted by Gasteiger charge is -2.35. The van der Waals surface area contributed by atoms with E-state index in [1.807, 2.05) is 37.3 Å². The second kappa shape index (κ2) is 9.74. The number of hydrogen-bond acceptors (Lipinski definition) is 5. The van der Waals surface area contributed by atoms with E-state index < -0.39 is 0 Å². The highest BCUT2D eigenvalue weighted by atomic mass is 16.6. The summed E-state index contributed by atoms with van der Waals surface area (Å²) in [6, 6.07) is 13.1. The van der Waals surface area contributed by atoms with E-state index >= 15 is 0 Å². The number of fused-ring (bicyclic) bond motifs is 1. The lowest BCUT2D eigenvalue weighted by Crippen LogP contribution is -2.47. The topological polar surface area (TPSA) is 67.9 Å². The van der Waals surface area contributed by atoms with Crippen molar-refractivity contribution in [1.82, 2.24) is 4.90 Å². The zero-order chi connectivity index (χ0) is 22.7. The number of nitrogens with one attached hydrogen (secondary N) is 1. The van der Waals surface area contributed by atoms with Crippen molar-refractivity contribution in [3.05, 3.63) is 53.6 Å². The molecule has 4 rings (SSSR count). The van der Waals surface area contributed by atoms with Gasteiger partial charge in [-0.1, -0.05) is 32.0 Å². The zero-order valence-corrected chi connectivity index (χ0v) is 19.1. The Kier molecular flexibility index (Phi) is 6.80. The van der Waals surface area contributed by atoms with Gasteiger partial charge in [0.15, 0.2) is 17.3 Å². The Balaban J connectivity index is 1.34. The number of hydrogen-bond donors (Lipinski definition) is 1. The van der Waals surface area contributed by atoms with Crippen LogP contribution in [0.1, 0.15) is 55.5 Å². The second-order valence-electron chi connectivity index (χ2n) is 8.94. The number of para-hydroxylation sites is 1. The van der Waals surface area contributed by atoms with Gasteiger partial charge in [0.1, 0.15) is 13.2 Å². The summed E-state index contributed by atoms with van der Waals surface area (Å²) >= 11 is 0. The van der Waals surface area contributed by atoms with Gasteiger partial charge in [-0.2, -0.15) is 0 Å². The fraction of sp³-hybridized carbons (Fsp3) is 0.462. The summed E-state index contributed by atoms with van der Waals surface area (Å²) in [7, 11) is 0. The molecule has 2 heterocycles. The maximum absolute atomic E-state index is 13.0. The maximum atomic E-state index is 13.0. The van der Waals surface area contributed by atoms with Crippen molar-refractivity contribution in [2.45, 2.75) is 45.6 Å². The molecule has 0 radical (unpaired) electrons. The first kappa shape index (κ1) is 22.3. The number of nitrogens with zero attached hydrogens (tertiary/aromatic N) is 1. The predicted octanol–water partition coefficient (Wildman–Crippen LogP) is 4.50. The van der Waals surface area contributed by atoms with Crippen LogP contribution in [0.15, 0.2) is 42.5 Å². The minimum Gasteiger partial charge on any atom is -0.486 e. The predicted molar refractivity (Wildman–Crippen MR) is 125 cm³/mol. The van der Waals surface area contributed by atoms with Crippen molar-refractivity contribution in [1.29, 1.82) is 0 Å². The van der Waals surface area contributed by atoms with Gasteiger partial charge in [-0.3, -0.25) is 14.5 Å². The highest BCUT2D eigenvalue weighted by Gasteiger charge is 2.31. The quantitative estimate of drug-likeness (QED) is 0.675. The molecule has 0 aliphatic carbocycles. The van der Waals surface area contributed by atoms with Crippen molar-refractivity contribution < 1.29 is 19.1 Å². The van der Waals surface area contributed by atoms with Crippen LogP contribution in [0.3, 0.4) is 0 Å². The Hall–Kier alpha value is -2.86. The van der Waals surface area contributed by atoms with Crippen LogP contribution in [0.4, 0.5) is 5.69 Å². The van der Waals surface area contributed by atoms with Gasteiger partial charge >= 0.3 is 0 Å². The molecule has 0 aromatic heterocycles. The molecule has 6 nitrogen and oxygen atoms in total. The molecule has 1 saturated heterocycles. The highest BCUT2D eigenvalue weighted by Crippen LogP contribution is 2.33. The van der Waals surface area contributed by atoms with Crippen LogP contribution in [0.25, 0.3) is 0 Å². The first-order valence-corrected chi connectivity index (χ1v) is 11.5. The lowest BCUT2D eigenvalue weighted by atomic mass is 9.88. The lowest BCUT2D eigenvalue weighted by molar-refractivity contribution is -0.121. The normalized spacial score (nSPS) is 17.8. The smallest absolute Gasteiger partial charge is 0.241 e. The fourth-order valence-corrected chi connectivity index (χ4v) is 4.50. The molecule has 2 aromatic rings. The van der Waals surface area contributed by atoms with Crippen LogP contribution < -0.4 is 14.8 Å².